The van der Waals surface area contributed by atoms with Crippen LogP contribution in [-0.2, 0) is 10.0 Å². The second-order valence-electron chi connectivity index (χ2n) is 4.72. The van der Waals surface area contributed by atoms with Crippen molar-refractivity contribution in [3.8, 4) is 0 Å². The van der Waals surface area contributed by atoms with Gasteiger partial charge in [0, 0.05) is 31.3 Å². The maximum atomic E-state index is 12.4. The summed E-state index contributed by atoms with van der Waals surface area (Å²) >= 11 is 0. The predicted octanol–water partition coefficient (Wildman–Crippen LogP) is 1.39. The van der Waals surface area contributed by atoms with Crippen molar-refractivity contribution in [3.05, 3.63) is 34.4 Å². The molecule has 1 aromatic carbocycles. The molecular formula is C12H18ClN3O4S. The van der Waals surface area contributed by atoms with Crippen LogP contribution >= 0.6 is 12.4 Å². The maximum Gasteiger partial charge on any atom is 0.270 e. The molecule has 0 bridgehead atoms. The molecule has 0 amide bonds. The van der Waals surface area contributed by atoms with Gasteiger partial charge in [-0.1, -0.05) is 6.07 Å². The number of nitrogens with one attached hydrogen (secondary N) is 1. The second kappa shape index (κ2) is 7.17. The Morgan fingerprint density at radius 2 is 1.95 bits per heavy atom. The Labute approximate surface area is 129 Å². The number of nitrogens with zero attached hydrogens (tertiary/aromatic N) is 2. The van der Waals surface area contributed by atoms with E-state index in [4.69, 9.17) is 0 Å². The molecule has 0 aromatic heterocycles. The summed E-state index contributed by atoms with van der Waals surface area (Å²) < 4.78 is 26.3. The highest BCUT2D eigenvalue weighted by Gasteiger charge is 2.29. The van der Waals surface area contributed by atoms with E-state index in [2.05, 4.69) is 5.32 Å². The van der Waals surface area contributed by atoms with E-state index in [1.54, 1.807) is 0 Å². The highest BCUT2D eigenvalue weighted by Crippen LogP contribution is 2.23. The minimum absolute atomic E-state index is 0. The highest BCUT2D eigenvalue weighted by molar-refractivity contribution is 7.89. The molecule has 1 aliphatic heterocycles. The molecule has 7 nitrogen and oxygen atoms in total. The number of nitro groups is 1. The summed E-state index contributed by atoms with van der Waals surface area (Å²) in [6, 6.07) is 5.51. The Kier molecular flexibility index (Phi) is 6.09. The summed E-state index contributed by atoms with van der Waals surface area (Å²) in [4.78, 5) is 10.1. The fourth-order valence-corrected chi connectivity index (χ4v) is 3.80. The quantitative estimate of drug-likeness (QED) is 0.663. The molecule has 1 heterocycles. The van der Waals surface area contributed by atoms with Gasteiger partial charge in [0.25, 0.3) is 5.69 Å². The van der Waals surface area contributed by atoms with Crippen molar-refractivity contribution in [2.45, 2.75) is 23.8 Å². The van der Waals surface area contributed by atoms with Crippen LogP contribution in [0.5, 0.6) is 0 Å². The Hall–Kier alpha value is -1.22. The lowest BCUT2D eigenvalue weighted by Gasteiger charge is -2.30. The van der Waals surface area contributed by atoms with Crippen LogP contribution in [0.25, 0.3) is 0 Å². The van der Waals surface area contributed by atoms with E-state index in [0.717, 1.165) is 18.9 Å². The monoisotopic (exact) mass is 335 g/mol. The van der Waals surface area contributed by atoms with Crippen molar-refractivity contribution in [3.63, 3.8) is 0 Å². The van der Waals surface area contributed by atoms with Crippen molar-refractivity contribution < 1.29 is 13.3 Å². The van der Waals surface area contributed by atoms with Crippen LogP contribution < -0.4 is 5.32 Å². The zero-order valence-corrected chi connectivity index (χ0v) is 13.2. The minimum Gasteiger partial charge on any atom is -0.317 e. The molecule has 1 N–H and O–H groups in total. The average molecular weight is 336 g/mol. The van der Waals surface area contributed by atoms with Crippen LogP contribution in [0.1, 0.15) is 12.8 Å². The Morgan fingerprint density at radius 3 is 2.48 bits per heavy atom. The van der Waals surface area contributed by atoms with Crippen molar-refractivity contribution >= 4 is 28.1 Å². The summed E-state index contributed by atoms with van der Waals surface area (Å²) in [6.07, 6.45) is 1.48. The Bertz CT molecular complexity index is 600. The fourth-order valence-electron chi connectivity index (χ4n) is 2.29. The maximum absolute atomic E-state index is 12.4. The molecule has 0 atom stereocenters. The SMILES string of the molecule is CNC1CCN(S(=O)(=O)c2cccc([N+](=O)[O-])c2)CC1.Cl. The van der Waals surface area contributed by atoms with Gasteiger partial charge in [0.1, 0.15) is 0 Å². The van der Waals surface area contributed by atoms with Gasteiger partial charge in [0.15, 0.2) is 0 Å². The predicted molar refractivity (Wildman–Crippen MR) is 81.2 cm³/mol. The van der Waals surface area contributed by atoms with E-state index in [1.165, 1.54) is 22.5 Å². The van der Waals surface area contributed by atoms with Crippen LogP contribution in [0.15, 0.2) is 29.2 Å². The van der Waals surface area contributed by atoms with Crippen LogP contribution in [0.3, 0.4) is 0 Å². The standard InChI is InChI=1S/C12H17N3O4S.ClH/c1-13-10-5-7-14(8-6-10)20(18,19)12-4-2-3-11(9-12)15(16)17;/h2-4,9-10,13H,5-8H2,1H3;1H. The topological polar surface area (TPSA) is 92.6 Å². The molecule has 21 heavy (non-hydrogen) atoms. The first-order valence-electron chi connectivity index (χ1n) is 6.37. The summed E-state index contributed by atoms with van der Waals surface area (Å²) in [5.74, 6) is 0. The molecule has 0 unspecified atom stereocenters. The lowest BCUT2D eigenvalue weighted by molar-refractivity contribution is -0.385. The first-order valence-corrected chi connectivity index (χ1v) is 7.81. The van der Waals surface area contributed by atoms with E-state index in [9.17, 15) is 18.5 Å². The van der Waals surface area contributed by atoms with E-state index < -0.39 is 14.9 Å². The molecule has 0 saturated carbocycles. The van der Waals surface area contributed by atoms with E-state index in [-0.39, 0.29) is 23.0 Å². The number of hydrogen-bond acceptors (Lipinski definition) is 5. The van der Waals surface area contributed by atoms with Gasteiger partial charge >= 0.3 is 0 Å². The normalized spacial score (nSPS) is 17.2. The van der Waals surface area contributed by atoms with Crippen LogP contribution in [0.2, 0.25) is 0 Å². The third-order valence-electron chi connectivity index (χ3n) is 3.53. The average Bonchev–Trinajstić information content (AvgIpc) is 2.47. The van der Waals surface area contributed by atoms with Crippen LogP contribution in [0.4, 0.5) is 5.69 Å². The molecule has 1 fully saturated rings. The van der Waals surface area contributed by atoms with Gasteiger partial charge in [-0.05, 0) is 26.0 Å². The molecular weight excluding hydrogens is 318 g/mol. The van der Waals surface area contributed by atoms with Gasteiger partial charge in [-0.2, -0.15) is 4.31 Å². The lowest BCUT2D eigenvalue weighted by Crippen LogP contribution is -2.43. The van der Waals surface area contributed by atoms with Crippen LogP contribution in [0, 0.1) is 10.1 Å². The van der Waals surface area contributed by atoms with Gasteiger partial charge in [-0.3, -0.25) is 10.1 Å². The number of nitro benzene ring substituents is 1. The summed E-state index contributed by atoms with van der Waals surface area (Å²) in [7, 11) is -1.79. The van der Waals surface area contributed by atoms with Gasteiger partial charge in [-0.25, -0.2) is 8.42 Å². The van der Waals surface area contributed by atoms with Gasteiger partial charge in [-0.15, -0.1) is 12.4 Å². The van der Waals surface area contributed by atoms with Crippen LogP contribution in [-0.4, -0.2) is 43.8 Å². The number of rotatable bonds is 4. The molecule has 118 valence electrons. The number of piperidine rings is 1. The zero-order chi connectivity index (χ0) is 14.8. The Balaban J connectivity index is 0.00000220. The highest BCUT2D eigenvalue weighted by atomic mass is 35.5. The molecule has 9 heteroatoms. The molecule has 1 saturated heterocycles. The van der Waals surface area contributed by atoms with E-state index in [0.29, 0.717) is 19.1 Å². The zero-order valence-electron chi connectivity index (χ0n) is 11.6. The second-order valence-corrected chi connectivity index (χ2v) is 6.66. The lowest BCUT2D eigenvalue weighted by atomic mass is 10.1. The molecule has 1 aromatic rings. The smallest absolute Gasteiger partial charge is 0.270 e. The van der Waals surface area contributed by atoms with Gasteiger partial charge in [0.2, 0.25) is 10.0 Å². The van der Waals surface area contributed by atoms with E-state index >= 15 is 0 Å². The molecule has 1 aliphatic rings. The number of benzene rings is 1. The first-order chi connectivity index (χ1) is 9.45. The molecule has 0 aliphatic carbocycles. The molecule has 0 radical (unpaired) electrons. The van der Waals surface area contributed by atoms with Crippen molar-refractivity contribution in [2.24, 2.45) is 0 Å². The third kappa shape index (κ3) is 3.91. The van der Waals surface area contributed by atoms with Gasteiger partial charge in [0.05, 0.1) is 9.82 Å². The fraction of sp³-hybridized carbons (Fsp3) is 0.500. The number of hydrogen-bond donors (Lipinski definition) is 1. The van der Waals surface area contributed by atoms with E-state index in [1.807, 2.05) is 7.05 Å². The summed E-state index contributed by atoms with van der Waals surface area (Å²) in [5, 5.41) is 13.9. The summed E-state index contributed by atoms with van der Waals surface area (Å²) in [6.45, 7) is 0.854. The Morgan fingerprint density at radius 1 is 1.33 bits per heavy atom. The van der Waals surface area contributed by atoms with Crippen molar-refractivity contribution in [1.29, 1.82) is 0 Å². The minimum atomic E-state index is -3.65. The first kappa shape index (κ1) is 17.8. The number of sulfonamides is 1. The molecule has 2 rings (SSSR count). The molecule has 0 spiro atoms. The number of halogens is 1. The largest absolute Gasteiger partial charge is 0.317 e. The number of non-ortho nitro benzene ring substituents is 1. The van der Waals surface area contributed by atoms with Gasteiger partial charge < -0.3 is 5.32 Å². The van der Waals surface area contributed by atoms with Crippen molar-refractivity contribution in [2.75, 3.05) is 20.1 Å². The summed E-state index contributed by atoms with van der Waals surface area (Å²) in [5.41, 5.74) is -0.212. The van der Waals surface area contributed by atoms with Crippen molar-refractivity contribution in [1.82, 2.24) is 9.62 Å². The third-order valence-corrected chi connectivity index (χ3v) is 5.42.